The van der Waals surface area contributed by atoms with Crippen molar-refractivity contribution in [2.75, 3.05) is 0 Å². The molecule has 0 bridgehead atoms. The molecule has 0 spiro atoms. The van der Waals surface area contributed by atoms with Crippen molar-refractivity contribution in [3.8, 4) is 0 Å². The zero-order valence-corrected chi connectivity index (χ0v) is 15.5. The standard InChI is InChI=1S/C22H22FNO3/c1-13(2)11-18-14(3)7-6-10-17(18)20(25)24-22(21(26)27)12-15-8-4-5-9-16(15)19(22)23/h4-11,19H,12H2,1-3H3,(H,24,25)(H,26,27). The van der Waals surface area contributed by atoms with Gasteiger partial charge in [-0.3, -0.25) is 4.79 Å². The van der Waals surface area contributed by atoms with Gasteiger partial charge in [0.25, 0.3) is 5.91 Å². The van der Waals surface area contributed by atoms with Gasteiger partial charge in [0.05, 0.1) is 0 Å². The summed E-state index contributed by atoms with van der Waals surface area (Å²) in [5.74, 6) is -1.97. The highest BCUT2D eigenvalue weighted by atomic mass is 19.1. The predicted molar refractivity (Wildman–Crippen MR) is 102 cm³/mol. The van der Waals surface area contributed by atoms with Crippen molar-refractivity contribution < 1.29 is 19.1 Å². The molecule has 5 heteroatoms. The highest BCUT2D eigenvalue weighted by Gasteiger charge is 2.54. The van der Waals surface area contributed by atoms with Gasteiger partial charge < -0.3 is 10.4 Å². The molecule has 1 aliphatic carbocycles. The SMILES string of the molecule is CC(C)=Cc1c(C)cccc1C(=O)NC1(C(=O)O)Cc2ccccc2C1F. The second-order valence-electron chi connectivity index (χ2n) is 7.23. The number of fused-ring (bicyclic) bond motifs is 1. The fourth-order valence-electron chi connectivity index (χ4n) is 3.57. The van der Waals surface area contributed by atoms with Gasteiger partial charge in [0, 0.05) is 12.0 Å². The predicted octanol–water partition coefficient (Wildman–Crippen LogP) is 4.24. The zero-order valence-electron chi connectivity index (χ0n) is 15.5. The van der Waals surface area contributed by atoms with E-state index in [1.54, 1.807) is 36.4 Å². The molecule has 0 saturated carbocycles. The maximum absolute atomic E-state index is 15.1. The number of carboxylic acid groups (broad SMARTS) is 1. The average molecular weight is 367 g/mol. The van der Waals surface area contributed by atoms with Crippen molar-refractivity contribution in [2.45, 2.75) is 38.9 Å². The molecular formula is C22H22FNO3. The van der Waals surface area contributed by atoms with Crippen molar-refractivity contribution in [2.24, 2.45) is 0 Å². The summed E-state index contributed by atoms with van der Waals surface area (Å²) in [5.41, 5.74) is 1.84. The molecule has 2 aromatic rings. The fourth-order valence-corrected chi connectivity index (χ4v) is 3.57. The first-order chi connectivity index (χ1) is 12.8. The summed E-state index contributed by atoms with van der Waals surface area (Å²) in [6, 6.07) is 11.9. The van der Waals surface area contributed by atoms with Gasteiger partial charge in [-0.15, -0.1) is 0 Å². The summed E-state index contributed by atoms with van der Waals surface area (Å²) in [6.07, 6.45) is -0.0321. The van der Waals surface area contributed by atoms with Crippen LogP contribution in [-0.4, -0.2) is 22.5 Å². The second-order valence-corrected chi connectivity index (χ2v) is 7.23. The Bertz CT molecular complexity index is 946. The van der Waals surface area contributed by atoms with Crippen LogP contribution in [0.1, 0.15) is 52.6 Å². The van der Waals surface area contributed by atoms with E-state index >= 15 is 4.39 Å². The maximum atomic E-state index is 15.1. The van der Waals surface area contributed by atoms with E-state index in [1.165, 1.54) is 0 Å². The molecule has 0 radical (unpaired) electrons. The van der Waals surface area contributed by atoms with Gasteiger partial charge >= 0.3 is 5.97 Å². The zero-order chi connectivity index (χ0) is 19.8. The van der Waals surface area contributed by atoms with E-state index in [0.717, 1.165) is 11.1 Å². The minimum absolute atomic E-state index is 0.0881. The molecule has 1 aliphatic rings. The molecule has 2 N–H and O–H groups in total. The molecule has 2 aromatic carbocycles. The minimum Gasteiger partial charge on any atom is -0.479 e. The molecular weight excluding hydrogens is 345 g/mol. The molecule has 1 amide bonds. The number of carbonyl (C=O) groups is 2. The number of carbonyl (C=O) groups excluding carboxylic acids is 1. The lowest BCUT2D eigenvalue weighted by Gasteiger charge is -2.28. The lowest BCUT2D eigenvalue weighted by molar-refractivity contribution is -0.147. The molecule has 140 valence electrons. The number of alkyl halides is 1. The van der Waals surface area contributed by atoms with Gasteiger partial charge in [0.1, 0.15) is 0 Å². The molecule has 27 heavy (non-hydrogen) atoms. The number of halogens is 1. The van der Waals surface area contributed by atoms with Gasteiger partial charge in [-0.05, 0) is 49.1 Å². The number of hydrogen-bond donors (Lipinski definition) is 2. The van der Waals surface area contributed by atoms with Crippen LogP contribution in [-0.2, 0) is 11.2 Å². The van der Waals surface area contributed by atoms with Gasteiger partial charge in [0.2, 0.25) is 0 Å². The third-order valence-electron chi connectivity index (χ3n) is 4.95. The number of benzene rings is 2. The first-order valence-corrected chi connectivity index (χ1v) is 8.78. The van der Waals surface area contributed by atoms with Crippen molar-refractivity contribution in [3.05, 3.63) is 75.9 Å². The van der Waals surface area contributed by atoms with Crippen molar-refractivity contribution in [3.63, 3.8) is 0 Å². The van der Waals surface area contributed by atoms with Crippen LogP contribution in [0.4, 0.5) is 4.39 Å². The van der Waals surface area contributed by atoms with Crippen LogP contribution in [0.15, 0.2) is 48.0 Å². The number of rotatable bonds is 4. The summed E-state index contributed by atoms with van der Waals surface area (Å²) < 4.78 is 15.1. The summed E-state index contributed by atoms with van der Waals surface area (Å²) in [4.78, 5) is 25.0. The van der Waals surface area contributed by atoms with Crippen LogP contribution >= 0.6 is 0 Å². The summed E-state index contributed by atoms with van der Waals surface area (Å²) >= 11 is 0. The normalized spacial score (nSPS) is 20.7. The topological polar surface area (TPSA) is 66.4 Å². The van der Waals surface area contributed by atoms with Crippen LogP contribution in [0.25, 0.3) is 6.08 Å². The van der Waals surface area contributed by atoms with Crippen molar-refractivity contribution in [1.29, 1.82) is 0 Å². The van der Waals surface area contributed by atoms with Gasteiger partial charge in [-0.2, -0.15) is 0 Å². The first kappa shape index (κ1) is 18.8. The lowest BCUT2D eigenvalue weighted by Crippen LogP contribution is -2.56. The summed E-state index contributed by atoms with van der Waals surface area (Å²) in [6.45, 7) is 5.71. The molecule has 2 atom stereocenters. The van der Waals surface area contributed by atoms with Crippen LogP contribution in [0.3, 0.4) is 0 Å². The van der Waals surface area contributed by atoms with Crippen LogP contribution in [0, 0.1) is 6.92 Å². The van der Waals surface area contributed by atoms with Crippen molar-refractivity contribution >= 4 is 18.0 Å². The fraction of sp³-hybridized carbons (Fsp3) is 0.273. The molecule has 0 heterocycles. The van der Waals surface area contributed by atoms with E-state index in [0.29, 0.717) is 22.3 Å². The molecule has 0 aromatic heterocycles. The van der Waals surface area contributed by atoms with Gasteiger partial charge in [-0.1, -0.05) is 48.0 Å². The summed E-state index contributed by atoms with van der Waals surface area (Å²) in [5, 5.41) is 12.3. The molecule has 3 rings (SSSR count). The second kappa shape index (κ2) is 6.99. The molecule has 2 unspecified atom stereocenters. The molecule has 4 nitrogen and oxygen atoms in total. The van der Waals surface area contributed by atoms with Crippen LogP contribution in [0.2, 0.25) is 0 Å². The number of carboxylic acids is 1. The Kier molecular flexibility index (Phi) is 4.87. The van der Waals surface area contributed by atoms with Crippen LogP contribution < -0.4 is 5.32 Å². The Hall–Kier alpha value is -2.95. The number of aliphatic carboxylic acids is 1. The number of aryl methyl sites for hydroxylation is 1. The Labute approximate surface area is 157 Å². The first-order valence-electron chi connectivity index (χ1n) is 8.78. The van der Waals surface area contributed by atoms with E-state index < -0.39 is 23.6 Å². The van der Waals surface area contributed by atoms with Crippen molar-refractivity contribution in [1.82, 2.24) is 5.32 Å². The number of allylic oxidation sites excluding steroid dienone is 1. The highest BCUT2D eigenvalue weighted by molar-refractivity contribution is 6.01. The smallest absolute Gasteiger partial charge is 0.333 e. The van der Waals surface area contributed by atoms with E-state index in [9.17, 15) is 14.7 Å². The largest absolute Gasteiger partial charge is 0.479 e. The Morgan fingerprint density at radius 2 is 1.89 bits per heavy atom. The average Bonchev–Trinajstić information content (AvgIpc) is 2.90. The monoisotopic (exact) mass is 367 g/mol. The van der Waals surface area contributed by atoms with E-state index in [-0.39, 0.29) is 6.42 Å². The van der Waals surface area contributed by atoms with E-state index in [2.05, 4.69) is 5.32 Å². The minimum atomic E-state index is -2.01. The Morgan fingerprint density at radius 1 is 1.19 bits per heavy atom. The lowest BCUT2D eigenvalue weighted by atomic mass is 9.92. The molecule has 0 saturated heterocycles. The third-order valence-corrected chi connectivity index (χ3v) is 4.95. The number of hydrogen-bond acceptors (Lipinski definition) is 2. The third kappa shape index (κ3) is 3.25. The quantitative estimate of drug-likeness (QED) is 0.849. The molecule has 0 fully saturated rings. The van der Waals surface area contributed by atoms with E-state index in [4.69, 9.17) is 0 Å². The summed E-state index contributed by atoms with van der Waals surface area (Å²) in [7, 11) is 0. The van der Waals surface area contributed by atoms with E-state index in [1.807, 2.05) is 32.9 Å². The van der Waals surface area contributed by atoms with Crippen LogP contribution in [0.5, 0.6) is 0 Å². The van der Waals surface area contributed by atoms with Gasteiger partial charge in [-0.25, -0.2) is 9.18 Å². The van der Waals surface area contributed by atoms with Gasteiger partial charge in [0.15, 0.2) is 11.7 Å². The number of nitrogens with one attached hydrogen (secondary N) is 1. The number of amides is 1. The Morgan fingerprint density at radius 3 is 2.52 bits per heavy atom. The molecule has 0 aliphatic heterocycles. The highest BCUT2D eigenvalue weighted by Crippen LogP contribution is 2.42. The maximum Gasteiger partial charge on any atom is 0.333 e. The Balaban J connectivity index is 2.02.